The van der Waals surface area contributed by atoms with Gasteiger partial charge >= 0.3 is 0 Å². The number of hydrogen-bond donors (Lipinski definition) is 0. The molecule has 0 heterocycles. The number of aryl methyl sites for hydroxylation is 1. The zero-order valence-corrected chi connectivity index (χ0v) is 15.9. The van der Waals surface area contributed by atoms with Crippen molar-refractivity contribution in [2.24, 2.45) is 0 Å². The minimum absolute atomic E-state index is 0.0576. The molecule has 0 spiro atoms. The zero-order chi connectivity index (χ0) is 19.3. The molecule has 0 amide bonds. The van der Waals surface area contributed by atoms with Crippen LogP contribution < -0.4 is 0 Å². The second-order valence-electron chi connectivity index (χ2n) is 6.07. The van der Waals surface area contributed by atoms with E-state index >= 15 is 0 Å². The number of sulfonamides is 1. The number of ketones is 1. The smallest absolute Gasteiger partial charge is 0.244 e. The number of benzene rings is 2. The summed E-state index contributed by atoms with van der Waals surface area (Å²) in [7, 11) is -3.86. The fraction of sp³-hybridized carbons (Fsp3) is 0.190. The van der Waals surface area contributed by atoms with E-state index in [0.29, 0.717) is 5.56 Å². The molecule has 26 heavy (non-hydrogen) atoms. The first-order chi connectivity index (χ1) is 12.3. The molecule has 0 bridgehead atoms. The summed E-state index contributed by atoms with van der Waals surface area (Å²) in [5.41, 5.74) is 1.87. The van der Waals surface area contributed by atoms with Gasteiger partial charge in [-0.3, -0.25) is 4.79 Å². The van der Waals surface area contributed by atoms with Gasteiger partial charge in [0.25, 0.3) is 0 Å². The summed E-state index contributed by atoms with van der Waals surface area (Å²) in [4.78, 5) is 12.2. The van der Waals surface area contributed by atoms with Gasteiger partial charge in [-0.05, 0) is 31.5 Å². The summed E-state index contributed by atoms with van der Waals surface area (Å²) in [6.45, 7) is 10.9. The van der Waals surface area contributed by atoms with Gasteiger partial charge in [-0.15, -0.1) is 6.58 Å². The summed E-state index contributed by atoms with van der Waals surface area (Å²) < 4.78 is 27.9. The van der Waals surface area contributed by atoms with Gasteiger partial charge in [0.05, 0.1) is 10.9 Å². The van der Waals surface area contributed by atoms with E-state index < -0.39 is 16.1 Å². The molecule has 1 atom stereocenters. The maximum atomic E-state index is 13.3. The number of rotatable bonds is 8. The predicted molar refractivity (Wildman–Crippen MR) is 104 cm³/mol. The third-order valence-corrected chi connectivity index (χ3v) is 5.97. The average Bonchev–Trinajstić information content (AvgIpc) is 2.62. The molecule has 0 radical (unpaired) electrons. The van der Waals surface area contributed by atoms with E-state index in [1.165, 1.54) is 17.3 Å². The Labute approximate surface area is 155 Å². The fourth-order valence-corrected chi connectivity index (χ4v) is 4.26. The molecular formula is C21H23NO3S. The van der Waals surface area contributed by atoms with E-state index in [2.05, 4.69) is 13.2 Å². The van der Waals surface area contributed by atoms with Crippen molar-refractivity contribution in [1.82, 2.24) is 4.31 Å². The van der Waals surface area contributed by atoms with Crippen LogP contribution in [0.5, 0.6) is 0 Å². The lowest BCUT2D eigenvalue weighted by atomic mass is 9.97. The van der Waals surface area contributed by atoms with Crippen LogP contribution in [-0.4, -0.2) is 25.1 Å². The van der Waals surface area contributed by atoms with Crippen molar-refractivity contribution >= 4 is 15.8 Å². The molecule has 0 aliphatic heterocycles. The van der Waals surface area contributed by atoms with E-state index in [4.69, 9.17) is 0 Å². The molecule has 0 aliphatic rings. The van der Waals surface area contributed by atoms with Crippen molar-refractivity contribution in [1.29, 1.82) is 0 Å². The Morgan fingerprint density at radius 3 is 2.19 bits per heavy atom. The van der Waals surface area contributed by atoms with Gasteiger partial charge in [0.15, 0.2) is 5.78 Å². The van der Waals surface area contributed by atoms with Gasteiger partial charge in [0, 0.05) is 12.1 Å². The summed E-state index contributed by atoms with van der Waals surface area (Å²) >= 11 is 0. The first-order valence-corrected chi connectivity index (χ1v) is 9.67. The van der Waals surface area contributed by atoms with Crippen molar-refractivity contribution in [2.75, 3.05) is 6.54 Å². The molecule has 0 aliphatic carbocycles. The first kappa shape index (κ1) is 19.8. The SMILES string of the molecule is C=CCN(C(C(=C)C(C)=O)c1ccccc1)S(=O)(=O)c1ccc(C)cc1. The van der Waals surface area contributed by atoms with Gasteiger partial charge in [-0.2, -0.15) is 4.31 Å². The summed E-state index contributed by atoms with van der Waals surface area (Å²) in [5, 5.41) is 0. The topological polar surface area (TPSA) is 54.5 Å². The number of carbonyl (C=O) groups excluding carboxylic acids is 1. The van der Waals surface area contributed by atoms with Crippen LogP contribution in [0.2, 0.25) is 0 Å². The van der Waals surface area contributed by atoms with Gasteiger partial charge < -0.3 is 0 Å². The monoisotopic (exact) mass is 369 g/mol. The molecule has 1 unspecified atom stereocenters. The number of carbonyl (C=O) groups is 1. The molecule has 5 heteroatoms. The molecule has 2 aromatic rings. The molecule has 0 N–H and O–H groups in total. The summed E-state index contributed by atoms with van der Waals surface area (Å²) in [6.07, 6.45) is 1.51. The van der Waals surface area contributed by atoms with Crippen LogP contribution >= 0.6 is 0 Å². The molecular weight excluding hydrogens is 346 g/mol. The Morgan fingerprint density at radius 1 is 1.12 bits per heavy atom. The van der Waals surface area contributed by atoms with Gasteiger partial charge in [0.2, 0.25) is 10.0 Å². The van der Waals surface area contributed by atoms with Gasteiger partial charge in [-0.1, -0.05) is 60.7 Å². The Kier molecular flexibility index (Phi) is 6.29. The Balaban J connectivity index is 2.63. The highest BCUT2D eigenvalue weighted by molar-refractivity contribution is 7.89. The lowest BCUT2D eigenvalue weighted by Gasteiger charge is -2.31. The van der Waals surface area contributed by atoms with Crippen molar-refractivity contribution in [3.63, 3.8) is 0 Å². The molecule has 0 saturated heterocycles. The van der Waals surface area contributed by atoms with E-state index in [1.54, 1.807) is 48.5 Å². The summed E-state index contributed by atoms with van der Waals surface area (Å²) in [5.74, 6) is -0.257. The highest BCUT2D eigenvalue weighted by Crippen LogP contribution is 2.33. The van der Waals surface area contributed by atoms with Crippen molar-refractivity contribution in [2.45, 2.75) is 24.8 Å². The second kappa shape index (κ2) is 8.25. The molecule has 0 aromatic heterocycles. The molecule has 0 saturated carbocycles. The lowest BCUT2D eigenvalue weighted by Crippen LogP contribution is -2.37. The van der Waals surface area contributed by atoms with Crippen molar-refractivity contribution in [3.05, 3.63) is 90.5 Å². The number of nitrogens with zero attached hydrogens (tertiary/aromatic N) is 1. The average molecular weight is 369 g/mol. The van der Waals surface area contributed by atoms with Gasteiger partial charge in [0.1, 0.15) is 0 Å². The van der Waals surface area contributed by atoms with E-state index in [1.807, 2.05) is 13.0 Å². The van der Waals surface area contributed by atoms with E-state index in [9.17, 15) is 13.2 Å². The van der Waals surface area contributed by atoms with Crippen LogP contribution in [-0.2, 0) is 14.8 Å². The Bertz CT molecular complexity index is 900. The van der Waals surface area contributed by atoms with E-state index in [0.717, 1.165) is 5.56 Å². The normalized spacial score (nSPS) is 12.6. The Hall–Kier alpha value is -2.50. The second-order valence-corrected chi connectivity index (χ2v) is 7.96. The number of hydrogen-bond acceptors (Lipinski definition) is 3. The van der Waals surface area contributed by atoms with Crippen LogP contribution in [0.1, 0.15) is 24.1 Å². The molecule has 0 fully saturated rings. The third kappa shape index (κ3) is 4.18. The zero-order valence-electron chi connectivity index (χ0n) is 15.1. The minimum atomic E-state index is -3.86. The van der Waals surface area contributed by atoms with E-state index in [-0.39, 0.29) is 22.8 Å². The standard InChI is InChI=1S/C21H23NO3S/c1-5-15-22(26(24,25)20-13-11-16(2)12-14-20)21(17(3)18(4)23)19-9-7-6-8-10-19/h5-14,21H,1,3,15H2,2,4H3. The number of Topliss-reactive ketones (excluding diaryl/α,β-unsaturated/α-hetero) is 1. The first-order valence-electron chi connectivity index (χ1n) is 8.23. The fourth-order valence-electron chi connectivity index (χ4n) is 2.68. The molecule has 136 valence electrons. The van der Waals surface area contributed by atoms with Crippen LogP contribution in [0.4, 0.5) is 0 Å². The largest absolute Gasteiger partial charge is 0.295 e. The van der Waals surface area contributed by atoms with Gasteiger partial charge in [-0.25, -0.2) is 8.42 Å². The molecule has 2 aromatic carbocycles. The predicted octanol–water partition coefficient (Wildman–Crippen LogP) is 4.06. The highest BCUT2D eigenvalue weighted by Gasteiger charge is 2.34. The lowest BCUT2D eigenvalue weighted by molar-refractivity contribution is -0.114. The van der Waals surface area contributed by atoms with Crippen LogP contribution in [0.25, 0.3) is 0 Å². The maximum absolute atomic E-state index is 13.3. The van der Waals surface area contributed by atoms with Crippen molar-refractivity contribution < 1.29 is 13.2 Å². The molecule has 2 rings (SSSR count). The van der Waals surface area contributed by atoms with Crippen LogP contribution in [0.3, 0.4) is 0 Å². The minimum Gasteiger partial charge on any atom is -0.295 e. The molecule has 4 nitrogen and oxygen atoms in total. The maximum Gasteiger partial charge on any atom is 0.244 e. The summed E-state index contributed by atoms with van der Waals surface area (Å²) in [6, 6.07) is 14.9. The quantitative estimate of drug-likeness (QED) is 0.521. The highest BCUT2D eigenvalue weighted by atomic mass is 32.2. The Morgan fingerprint density at radius 2 is 1.69 bits per heavy atom. The van der Waals surface area contributed by atoms with Crippen LogP contribution in [0.15, 0.2) is 84.3 Å². The third-order valence-electron chi connectivity index (χ3n) is 4.12. The van der Waals surface area contributed by atoms with Crippen LogP contribution in [0, 0.1) is 6.92 Å². The van der Waals surface area contributed by atoms with Crippen molar-refractivity contribution in [3.8, 4) is 0 Å².